The van der Waals surface area contributed by atoms with Crippen LogP contribution in [0.4, 0.5) is 0 Å². The smallest absolute Gasteiger partial charge is 0.223 e. The Morgan fingerprint density at radius 3 is 2.71 bits per heavy atom. The fourth-order valence-corrected chi connectivity index (χ4v) is 3.12. The Kier molecular flexibility index (Phi) is 5.15. The number of hydrogen-bond donors (Lipinski definition) is 1. The molecule has 1 aromatic rings. The van der Waals surface area contributed by atoms with Gasteiger partial charge in [0.1, 0.15) is 0 Å². The number of piperidine rings is 1. The first-order valence-electron chi connectivity index (χ1n) is 7.87. The minimum absolute atomic E-state index is 0.0986. The molecule has 1 aromatic heterocycles. The van der Waals surface area contributed by atoms with Crippen LogP contribution in [-0.2, 0) is 16.0 Å². The monoisotopic (exact) mass is 291 g/mol. The number of nitrogens with one attached hydrogen (secondary N) is 1. The molecule has 1 amide bonds. The molecule has 0 radical (unpaired) electrons. The van der Waals surface area contributed by atoms with Crippen molar-refractivity contribution >= 4 is 11.7 Å². The quantitative estimate of drug-likeness (QED) is 0.905. The second-order valence-corrected chi connectivity index (χ2v) is 5.83. The molecule has 2 rings (SSSR count). The van der Waals surface area contributed by atoms with Crippen molar-refractivity contribution in [3.05, 3.63) is 17.0 Å². The molecule has 0 spiro atoms. The highest BCUT2D eigenvalue weighted by atomic mass is 16.2. The molecule has 0 bridgehead atoms. The van der Waals surface area contributed by atoms with E-state index in [1.807, 2.05) is 20.8 Å². The van der Waals surface area contributed by atoms with E-state index in [4.69, 9.17) is 0 Å². The van der Waals surface area contributed by atoms with Gasteiger partial charge < -0.3 is 4.90 Å². The molecule has 5 nitrogen and oxygen atoms in total. The van der Waals surface area contributed by atoms with Crippen LogP contribution in [0.3, 0.4) is 0 Å². The lowest BCUT2D eigenvalue weighted by molar-refractivity contribution is -0.141. The number of aryl methyl sites for hydroxylation is 2. The number of nitrogens with zero attached hydrogens (tertiary/aromatic N) is 2. The Morgan fingerprint density at radius 2 is 2.10 bits per heavy atom. The van der Waals surface area contributed by atoms with Gasteiger partial charge in [0.05, 0.1) is 11.7 Å². The van der Waals surface area contributed by atoms with Crippen LogP contribution in [0.2, 0.25) is 0 Å². The molecule has 0 unspecified atom stereocenters. The second-order valence-electron chi connectivity index (χ2n) is 5.83. The minimum Gasteiger partial charge on any atom is -0.333 e. The maximum Gasteiger partial charge on any atom is 0.223 e. The molecule has 116 valence electrons. The summed E-state index contributed by atoms with van der Waals surface area (Å²) in [5.41, 5.74) is 3.11. The van der Waals surface area contributed by atoms with Crippen LogP contribution in [0, 0.1) is 13.8 Å². The molecule has 0 aliphatic carbocycles. The van der Waals surface area contributed by atoms with Crippen LogP contribution < -0.4 is 0 Å². The molecule has 5 heteroatoms. The number of aromatic nitrogens is 2. The van der Waals surface area contributed by atoms with Gasteiger partial charge in [0.2, 0.25) is 5.91 Å². The first-order chi connectivity index (χ1) is 10.0. The van der Waals surface area contributed by atoms with E-state index in [0.29, 0.717) is 19.3 Å². The molecule has 1 aliphatic heterocycles. The molecule has 1 atom stereocenters. The van der Waals surface area contributed by atoms with Gasteiger partial charge in [0, 0.05) is 25.1 Å². The van der Waals surface area contributed by atoms with Crippen LogP contribution in [-0.4, -0.2) is 39.4 Å². The predicted molar refractivity (Wildman–Crippen MR) is 81.0 cm³/mol. The van der Waals surface area contributed by atoms with E-state index in [9.17, 15) is 9.59 Å². The van der Waals surface area contributed by atoms with E-state index < -0.39 is 0 Å². The van der Waals surface area contributed by atoms with E-state index >= 15 is 0 Å². The van der Waals surface area contributed by atoms with E-state index in [-0.39, 0.29) is 17.7 Å². The SMILES string of the molecule is CCC(=O)[C@H]1CCCCN1C(=O)CCc1c(C)n[nH]c1C. The zero-order valence-electron chi connectivity index (χ0n) is 13.2. The van der Waals surface area contributed by atoms with E-state index in [0.717, 1.165) is 42.8 Å². The summed E-state index contributed by atoms with van der Waals surface area (Å²) in [6, 6.07) is -0.192. The highest BCUT2D eigenvalue weighted by Crippen LogP contribution is 2.21. The Balaban J connectivity index is 1.99. The molecule has 0 saturated carbocycles. The largest absolute Gasteiger partial charge is 0.333 e. The standard InChI is InChI=1S/C16H25N3O2/c1-4-15(20)14-7-5-6-10-19(14)16(21)9-8-13-11(2)17-18-12(13)3/h14H,4-10H2,1-3H3,(H,17,18)/t14-/m1/s1. The van der Waals surface area contributed by atoms with Gasteiger partial charge in [-0.15, -0.1) is 0 Å². The number of rotatable bonds is 5. The van der Waals surface area contributed by atoms with Crippen LogP contribution in [0.1, 0.15) is 56.0 Å². The molecular weight excluding hydrogens is 266 g/mol. The van der Waals surface area contributed by atoms with Crippen molar-refractivity contribution in [1.29, 1.82) is 0 Å². The number of Topliss-reactive ketones (excluding diaryl/α,β-unsaturated/α-hetero) is 1. The number of H-pyrrole nitrogens is 1. The summed E-state index contributed by atoms with van der Waals surface area (Å²) in [6.07, 6.45) is 4.52. The zero-order valence-corrected chi connectivity index (χ0v) is 13.2. The van der Waals surface area contributed by atoms with E-state index in [1.165, 1.54) is 0 Å². The van der Waals surface area contributed by atoms with Crippen molar-refractivity contribution < 1.29 is 9.59 Å². The van der Waals surface area contributed by atoms with Gasteiger partial charge in [-0.05, 0) is 45.1 Å². The zero-order chi connectivity index (χ0) is 15.4. The van der Waals surface area contributed by atoms with Gasteiger partial charge in [-0.2, -0.15) is 5.10 Å². The van der Waals surface area contributed by atoms with Crippen molar-refractivity contribution in [2.24, 2.45) is 0 Å². The van der Waals surface area contributed by atoms with Crippen molar-refractivity contribution in [3.8, 4) is 0 Å². The number of likely N-dealkylation sites (tertiary alicyclic amines) is 1. The number of aromatic amines is 1. The van der Waals surface area contributed by atoms with Crippen LogP contribution in [0.5, 0.6) is 0 Å². The summed E-state index contributed by atoms with van der Waals surface area (Å²) in [4.78, 5) is 26.3. The van der Waals surface area contributed by atoms with Crippen LogP contribution in [0.15, 0.2) is 0 Å². The maximum atomic E-state index is 12.5. The topological polar surface area (TPSA) is 66.1 Å². The van der Waals surface area contributed by atoms with Crippen LogP contribution >= 0.6 is 0 Å². The van der Waals surface area contributed by atoms with Gasteiger partial charge in [-0.25, -0.2) is 0 Å². The number of amides is 1. The number of ketones is 1. The Morgan fingerprint density at radius 1 is 1.33 bits per heavy atom. The highest BCUT2D eigenvalue weighted by Gasteiger charge is 2.30. The molecular formula is C16H25N3O2. The Bertz CT molecular complexity index is 502. The molecule has 1 fully saturated rings. The van der Waals surface area contributed by atoms with E-state index in [2.05, 4.69) is 10.2 Å². The molecule has 2 heterocycles. The first kappa shape index (κ1) is 15.7. The highest BCUT2D eigenvalue weighted by molar-refractivity contribution is 5.89. The van der Waals surface area contributed by atoms with Gasteiger partial charge in [0.25, 0.3) is 0 Å². The molecule has 1 saturated heterocycles. The summed E-state index contributed by atoms with van der Waals surface area (Å²) in [7, 11) is 0. The minimum atomic E-state index is -0.192. The van der Waals surface area contributed by atoms with E-state index in [1.54, 1.807) is 4.90 Å². The summed E-state index contributed by atoms with van der Waals surface area (Å²) in [5.74, 6) is 0.292. The third kappa shape index (κ3) is 3.52. The van der Waals surface area contributed by atoms with Crippen molar-refractivity contribution in [1.82, 2.24) is 15.1 Å². The fourth-order valence-electron chi connectivity index (χ4n) is 3.12. The normalized spacial score (nSPS) is 18.8. The maximum absolute atomic E-state index is 12.5. The van der Waals surface area contributed by atoms with Gasteiger partial charge in [0.15, 0.2) is 5.78 Å². The van der Waals surface area contributed by atoms with Crippen molar-refractivity contribution in [2.75, 3.05) is 6.54 Å². The number of carbonyl (C=O) groups is 2. The van der Waals surface area contributed by atoms with Crippen LogP contribution in [0.25, 0.3) is 0 Å². The third-order valence-corrected chi connectivity index (χ3v) is 4.41. The fraction of sp³-hybridized carbons (Fsp3) is 0.688. The summed E-state index contributed by atoms with van der Waals surface area (Å²) >= 11 is 0. The Hall–Kier alpha value is -1.65. The summed E-state index contributed by atoms with van der Waals surface area (Å²) in [6.45, 7) is 6.52. The summed E-state index contributed by atoms with van der Waals surface area (Å²) in [5, 5.41) is 7.11. The lowest BCUT2D eigenvalue weighted by atomic mass is 9.96. The average Bonchev–Trinajstić information content (AvgIpc) is 2.82. The molecule has 21 heavy (non-hydrogen) atoms. The third-order valence-electron chi connectivity index (χ3n) is 4.41. The predicted octanol–water partition coefficient (Wildman–Crippen LogP) is 2.32. The lowest BCUT2D eigenvalue weighted by Gasteiger charge is -2.34. The van der Waals surface area contributed by atoms with Crippen molar-refractivity contribution in [3.63, 3.8) is 0 Å². The lowest BCUT2D eigenvalue weighted by Crippen LogP contribution is -2.47. The molecule has 0 aromatic carbocycles. The second kappa shape index (κ2) is 6.87. The molecule has 1 aliphatic rings. The summed E-state index contributed by atoms with van der Waals surface area (Å²) < 4.78 is 0. The van der Waals surface area contributed by atoms with Crippen molar-refractivity contribution in [2.45, 2.75) is 65.3 Å². The molecule has 1 N–H and O–H groups in total. The Labute approximate surface area is 126 Å². The number of carbonyl (C=O) groups excluding carboxylic acids is 2. The number of hydrogen-bond acceptors (Lipinski definition) is 3. The van der Waals surface area contributed by atoms with Gasteiger partial charge in [-0.3, -0.25) is 14.7 Å². The van der Waals surface area contributed by atoms with Gasteiger partial charge >= 0.3 is 0 Å². The van der Waals surface area contributed by atoms with Gasteiger partial charge in [-0.1, -0.05) is 6.92 Å². The first-order valence-corrected chi connectivity index (χ1v) is 7.87. The average molecular weight is 291 g/mol.